The van der Waals surface area contributed by atoms with E-state index in [-0.39, 0.29) is 12.0 Å². The molecule has 54 valence electrons. The topological polar surface area (TPSA) is 38.3 Å². The summed E-state index contributed by atoms with van der Waals surface area (Å²) in [7, 11) is 4.12. The van der Waals surface area contributed by atoms with Gasteiger partial charge in [-0.3, -0.25) is 9.88 Å². The Hall–Kier alpha value is 0.640. The Bertz CT molecular complexity index is 97.8. The Kier molecular flexibility index (Phi) is 5.81. The Morgan fingerprint density at radius 3 is 2.56 bits per heavy atom. The lowest BCUT2D eigenvalue weighted by molar-refractivity contribution is -0.134. The second-order valence-electron chi connectivity index (χ2n) is 1.34. The van der Waals surface area contributed by atoms with Crippen LogP contribution in [0.3, 0.4) is 0 Å². The van der Waals surface area contributed by atoms with Crippen molar-refractivity contribution in [2.45, 2.75) is 6.04 Å². The van der Waals surface area contributed by atoms with Crippen LogP contribution < -0.4 is 5.09 Å². The fourth-order valence-electron chi connectivity index (χ4n) is 0.277. The zero-order valence-electron chi connectivity index (χ0n) is 4.70. The van der Waals surface area contributed by atoms with Crippen LogP contribution in [0.25, 0.3) is 0 Å². The van der Waals surface area contributed by atoms with Crippen molar-refractivity contribution in [2.75, 3.05) is 5.75 Å². The molecule has 0 heterocycles. The van der Waals surface area contributed by atoms with Gasteiger partial charge in [0.25, 0.3) is 0 Å². The van der Waals surface area contributed by atoms with Crippen LogP contribution in [0.5, 0.6) is 0 Å². The summed E-state index contributed by atoms with van der Waals surface area (Å²) in [6, 6.07) is -0.337. The quantitative estimate of drug-likeness (QED) is 0.480. The molecule has 0 aliphatic carbocycles. The van der Waals surface area contributed by atoms with Crippen LogP contribution in [0.1, 0.15) is 0 Å². The van der Waals surface area contributed by atoms with E-state index in [1.807, 2.05) is 9.47 Å². The van der Waals surface area contributed by atoms with Gasteiger partial charge in [-0.2, -0.15) is 12.6 Å². The van der Waals surface area contributed by atoms with Crippen LogP contribution in [-0.4, -0.2) is 17.8 Å². The lowest BCUT2D eigenvalue weighted by atomic mass is 10.4. The van der Waals surface area contributed by atoms with Crippen molar-refractivity contribution in [3.8, 4) is 0 Å². The molecular formula is C3H9NO2P2S. The molecule has 3 unspecified atom stereocenters. The smallest absolute Gasteiger partial charge is 0.326 e. The molecule has 0 aliphatic rings. The SMILES string of the molecule is O=C(OP)C(CS)NP. The molecule has 0 bridgehead atoms. The highest BCUT2D eigenvalue weighted by Crippen LogP contribution is 1.97. The molecule has 0 saturated heterocycles. The number of rotatable bonds is 3. The van der Waals surface area contributed by atoms with Gasteiger partial charge in [-0.05, 0) is 0 Å². The van der Waals surface area contributed by atoms with Gasteiger partial charge in [0.1, 0.15) is 6.04 Å². The van der Waals surface area contributed by atoms with E-state index < -0.39 is 0 Å². The number of hydrogen-bond acceptors (Lipinski definition) is 4. The maximum atomic E-state index is 10.6. The first-order valence-electron chi connectivity index (χ1n) is 2.23. The summed E-state index contributed by atoms with van der Waals surface area (Å²) >= 11 is 3.90. The van der Waals surface area contributed by atoms with Gasteiger partial charge < -0.3 is 4.52 Å². The molecule has 0 radical (unpaired) electrons. The van der Waals surface area contributed by atoms with E-state index in [4.69, 9.17) is 0 Å². The summed E-state index contributed by atoms with van der Waals surface area (Å²) in [6.07, 6.45) is 0. The van der Waals surface area contributed by atoms with Gasteiger partial charge in [0.05, 0.1) is 9.47 Å². The molecule has 0 aromatic rings. The minimum atomic E-state index is -0.337. The first kappa shape index (κ1) is 9.64. The van der Waals surface area contributed by atoms with E-state index in [0.29, 0.717) is 5.75 Å². The Morgan fingerprint density at radius 2 is 2.44 bits per heavy atom. The predicted molar refractivity (Wildman–Crippen MR) is 46.3 cm³/mol. The summed E-state index contributed by atoms with van der Waals surface area (Å²) in [4.78, 5) is 10.6. The molecule has 0 aliphatic heterocycles. The lowest BCUT2D eigenvalue weighted by Crippen LogP contribution is -2.32. The standard InChI is InChI=1S/C3H9NO2P2S/c5-3(6-8)2(1-9)4-7/h2,4,9H,1,7-8H2. The average Bonchev–Trinajstić information content (AvgIpc) is 1.90. The molecule has 6 heteroatoms. The maximum Gasteiger partial charge on any atom is 0.326 e. The van der Waals surface area contributed by atoms with Gasteiger partial charge in [-0.25, -0.2) is 0 Å². The van der Waals surface area contributed by atoms with Crippen molar-refractivity contribution in [2.24, 2.45) is 0 Å². The number of thiol groups is 1. The van der Waals surface area contributed by atoms with Crippen molar-refractivity contribution >= 4 is 37.5 Å². The first-order chi connectivity index (χ1) is 4.26. The first-order valence-corrected chi connectivity index (χ1v) is 3.92. The molecule has 0 aromatic carbocycles. The molecule has 3 nitrogen and oxygen atoms in total. The van der Waals surface area contributed by atoms with Crippen molar-refractivity contribution in [3.63, 3.8) is 0 Å². The number of hydrogen-bond donors (Lipinski definition) is 2. The predicted octanol–water partition coefficient (Wildman–Crippen LogP) is -0.00220. The highest BCUT2D eigenvalue weighted by atomic mass is 32.1. The highest BCUT2D eigenvalue weighted by molar-refractivity contribution is 7.80. The van der Waals surface area contributed by atoms with Crippen molar-refractivity contribution in [1.82, 2.24) is 5.09 Å². The third-order valence-electron chi connectivity index (χ3n) is 0.784. The van der Waals surface area contributed by atoms with Gasteiger partial charge in [0, 0.05) is 5.75 Å². The number of nitrogens with one attached hydrogen (secondary N) is 1. The van der Waals surface area contributed by atoms with Gasteiger partial charge >= 0.3 is 5.97 Å². The number of carbonyl (C=O) groups excluding carboxylic acids is 1. The Morgan fingerprint density at radius 1 is 1.89 bits per heavy atom. The molecule has 9 heavy (non-hydrogen) atoms. The summed E-state index contributed by atoms with van der Waals surface area (Å²) < 4.78 is 4.35. The molecule has 0 fully saturated rings. The zero-order chi connectivity index (χ0) is 7.28. The van der Waals surface area contributed by atoms with Crippen LogP contribution >= 0.6 is 31.5 Å². The second-order valence-corrected chi connectivity index (χ2v) is 2.27. The van der Waals surface area contributed by atoms with E-state index in [1.54, 1.807) is 0 Å². The minimum absolute atomic E-state index is 0.329. The molecule has 0 amide bonds. The fourth-order valence-corrected chi connectivity index (χ4v) is 1.15. The Balaban J connectivity index is 3.64. The normalized spacial score (nSPS) is 12.8. The summed E-state index contributed by atoms with van der Waals surface area (Å²) in [5, 5.41) is 2.65. The van der Waals surface area contributed by atoms with Crippen LogP contribution in [0, 0.1) is 0 Å². The van der Waals surface area contributed by atoms with Gasteiger partial charge in [0.15, 0.2) is 0 Å². The van der Waals surface area contributed by atoms with Crippen LogP contribution in [0.2, 0.25) is 0 Å². The molecule has 0 saturated carbocycles. The fraction of sp³-hybridized carbons (Fsp3) is 0.667. The second kappa shape index (κ2) is 5.43. The molecule has 1 N–H and O–H groups in total. The van der Waals surface area contributed by atoms with E-state index in [1.165, 1.54) is 0 Å². The summed E-state index contributed by atoms with van der Waals surface area (Å²) in [5.74, 6) is 0.0986. The molecular weight excluding hydrogens is 176 g/mol. The third kappa shape index (κ3) is 3.36. The minimum Gasteiger partial charge on any atom is -0.450 e. The van der Waals surface area contributed by atoms with Crippen LogP contribution in [-0.2, 0) is 9.32 Å². The van der Waals surface area contributed by atoms with E-state index >= 15 is 0 Å². The molecule has 3 atom stereocenters. The number of carbonyl (C=O) groups is 1. The van der Waals surface area contributed by atoms with Gasteiger partial charge in [0.2, 0.25) is 0 Å². The van der Waals surface area contributed by atoms with E-state index in [2.05, 4.69) is 31.6 Å². The van der Waals surface area contributed by atoms with Crippen molar-refractivity contribution in [3.05, 3.63) is 0 Å². The van der Waals surface area contributed by atoms with Crippen molar-refractivity contribution < 1.29 is 9.32 Å². The molecule has 0 spiro atoms. The largest absolute Gasteiger partial charge is 0.450 e. The van der Waals surface area contributed by atoms with Crippen LogP contribution in [0.4, 0.5) is 0 Å². The van der Waals surface area contributed by atoms with Gasteiger partial charge in [-0.15, -0.1) is 0 Å². The third-order valence-corrected chi connectivity index (χ3v) is 1.78. The molecule has 0 rings (SSSR count). The van der Waals surface area contributed by atoms with Crippen LogP contribution in [0.15, 0.2) is 0 Å². The van der Waals surface area contributed by atoms with E-state index in [0.717, 1.165) is 0 Å². The van der Waals surface area contributed by atoms with Gasteiger partial charge in [-0.1, -0.05) is 9.39 Å². The average molecular weight is 185 g/mol. The van der Waals surface area contributed by atoms with Crippen molar-refractivity contribution in [1.29, 1.82) is 0 Å². The summed E-state index contributed by atoms with van der Waals surface area (Å²) in [6.45, 7) is 0. The maximum absolute atomic E-state index is 10.6. The lowest BCUT2D eigenvalue weighted by Gasteiger charge is -2.08. The highest BCUT2D eigenvalue weighted by Gasteiger charge is 2.13. The molecule has 0 aromatic heterocycles. The Labute approximate surface area is 64.3 Å². The zero-order valence-corrected chi connectivity index (χ0v) is 7.91. The monoisotopic (exact) mass is 185 g/mol. The van der Waals surface area contributed by atoms with E-state index in [9.17, 15) is 4.79 Å². The summed E-state index contributed by atoms with van der Waals surface area (Å²) in [5.41, 5.74) is 0.